The molecule has 0 aromatic carbocycles. The number of carbonyl (C=O) groups excluding carboxylic acids is 2. The van der Waals surface area contributed by atoms with Gasteiger partial charge in [0, 0.05) is 11.3 Å². The van der Waals surface area contributed by atoms with Gasteiger partial charge in [-0.1, -0.05) is 58.3 Å². The fourth-order valence-electron chi connectivity index (χ4n) is 3.70. The first-order chi connectivity index (χ1) is 12.6. The van der Waals surface area contributed by atoms with Gasteiger partial charge in [-0.05, 0) is 37.7 Å². The minimum Gasteiger partial charge on any atom is -0.365 e. The van der Waals surface area contributed by atoms with Gasteiger partial charge in [-0.2, -0.15) is 0 Å². The number of nitrogens with one attached hydrogen (secondary N) is 1. The van der Waals surface area contributed by atoms with Crippen LogP contribution < -0.4 is 11.1 Å². The minimum atomic E-state index is -0.414. The van der Waals surface area contributed by atoms with Crippen molar-refractivity contribution in [2.75, 3.05) is 5.32 Å². The Hall–Kier alpha value is -1.36. The Labute approximate surface area is 161 Å². The fraction of sp³-hybridized carbons (Fsp3) is 0.714. The zero-order chi connectivity index (χ0) is 18.8. The summed E-state index contributed by atoms with van der Waals surface area (Å²) in [7, 11) is 0. The molecule has 0 atom stereocenters. The third-order valence-corrected chi connectivity index (χ3v) is 6.39. The van der Waals surface area contributed by atoms with Crippen molar-refractivity contribution in [2.45, 2.75) is 96.8 Å². The average molecular weight is 379 g/mol. The van der Waals surface area contributed by atoms with E-state index in [1.807, 2.05) is 0 Å². The van der Waals surface area contributed by atoms with Gasteiger partial charge in [-0.3, -0.25) is 9.59 Å². The van der Waals surface area contributed by atoms with Gasteiger partial charge in [0.2, 0.25) is 5.91 Å². The van der Waals surface area contributed by atoms with Crippen LogP contribution in [0, 0.1) is 0 Å². The van der Waals surface area contributed by atoms with E-state index in [1.165, 1.54) is 49.8 Å². The predicted molar refractivity (Wildman–Crippen MR) is 110 cm³/mol. The van der Waals surface area contributed by atoms with Crippen LogP contribution in [0.3, 0.4) is 0 Å². The van der Waals surface area contributed by atoms with E-state index in [1.54, 1.807) is 11.3 Å². The van der Waals surface area contributed by atoms with Gasteiger partial charge in [-0.25, -0.2) is 0 Å². The number of fused-ring (bicyclic) bond motifs is 1. The molecule has 1 aliphatic rings. The van der Waals surface area contributed by atoms with E-state index >= 15 is 0 Å². The molecule has 0 radical (unpaired) electrons. The van der Waals surface area contributed by atoms with E-state index in [0.29, 0.717) is 17.0 Å². The summed E-state index contributed by atoms with van der Waals surface area (Å²) in [5.41, 5.74) is 7.21. The number of nitrogens with two attached hydrogens (primary N) is 1. The second kappa shape index (κ2) is 11.4. The lowest BCUT2D eigenvalue weighted by atomic mass is 9.95. The highest BCUT2D eigenvalue weighted by Gasteiger charge is 2.24. The van der Waals surface area contributed by atoms with Crippen molar-refractivity contribution in [3.63, 3.8) is 0 Å². The number of rotatable bonds is 12. The van der Waals surface area contributed by atoms with Gasteiger partial charge in [0.1, 0.15) is 5.00 Å². The van der Waals surface area contributed by atoms with Crippen LogP contribution in [-0.4, -0.2) is 11.8 Å². The van der Waals surface area contributed by atoms with E-state index < -0.39 is 5.91 Å². The maximum Gasteiger partial charge on any atom is 0.251 e. The maximum absolute atomic E-state index is 12.3. The van der Waals surface area contributed by atoms with Crippen molar-refractivity contribution in [2.24, 2.45) is 5.73 Å². The molecule has 0 spiro atoms. The van der Waals surface area contributed by atoms with Gasteiger partial charge in [0.15, 0.2) is 0 Å². The Bertz CT molecular complexity index is 595. The first kappa shape index (κ1) is 20.9. The number of hydrogen-bond donors (Lipinski definition) is 2. The Morgan fingerprint density at radius 3 is 2.23 bits per heavy atom. The van der Waals surface area contributed by atoms with Gasteiger partial charge in [0.25, 0.3) is 5.91 Å². The van der Waals surface area contributed by atoms with Crippen molar-refractivity contribution in [3.05, 3.63) is 16.0 Å². The van der Waals surface area contributed by atoms with Crippen molar-refractivity contribution in [3.8, 4) is 0 Å². The lowest BCUT2D eigenvalue weighted by molar-refractivity contribution is -0.116. The normalized spacial score (nSPS) is 13.4. The van der Waals surface area contributed by atoms with Crippen molar-refractivity contribution >= 4 is 28.2 Å². The molecular weight excluding hydrogens is 344 g/mol. The molecule has 3 N–H and O–H groups in total. The van der Waals surface area contributed by atoms with Gasteiger partial charge < -0.3 is 11.1 Å². The molecule has 2 rings (SSSR count). The lowest BCUT2D eigenvalue weighted by Gasteiger charge is -2.11. The van der Waals surface area contributed by atoms with Crippen LogP contribution in [-0.2, 0) is 17.6 Å². The van der Waals surface area contributed by atoms with Gasteiger partial charge in [0.05, 0.1) is 5.56 Å². The molecule has 4 nitrogen and oxygen atoms in total. The van der Waals surface area contributed by atoms with Crippen molar-refractivity contribution in [1.29, 1.82) is 0 Å². The maximum atomic E-state index is 12.3. The zero-order valence-electron chi connectivity index (χ0n) is 16.2. The van der Waals surface area contributed by atoms with E-state index in [4.69, 9.17) is 5.73 Å². The van der Waals surface area contributed by atoms with E-state index in [2.05, 4.69) is 12.2 Å². The zero-order valence-corrected chi connectivity index (χ0v) is 17.0. The highest BCUT2D eigenvalue weighted by Crippen LogP contribution is 2.37. The van der Waals surface area contributed by atoms with E-state index in [9.17, 15) is 9.59 Å². The molecule has 146 valence electrons. The first-order valence-electron chi connectivity index (χ1n) is 10.4. The molecule has 0 bridgehead atoms. The smallest absolute Gasteiger partial charge is 0.251 e. The second-order valence-electron chi connectivity index (χ2n) is 7.41. The van der Waals surface area contributed by atoms with E-state index in [0.717, 1.165) is 44.1 Å². The van der Waals surface area contributed by atoms with E-state index in [-0.39, 0.29) is 5.91 Å². The number of hydrogen-bond acceptors (Lipinski definition) is 3. The number of unbranched alkanes of at least 4 members (excludes halogenated alkanes) is 8. The topological polar surface area (TPSA) is 72.2 Å². The molecule has 0 aliphatic heterocycles. The van der Waals surface area contributed by atoms with Crippen LogP contribution in [0.5, 0.6) is 0 Å². The lowest BCUT2D eigenvalue weighted by Crippen LogP contribution is -2.18. The Morgan fingerprint density at radius 2 is 1.58 bits per heavy atom. The summed E-state index contributed by atoms with van der Waals surface area (Å²) in [6.45, 7) is 2.24. The fourth-order valence-corrected chi connectivity index (χ4v) is 5.01. The summed E-state index contributed by atoms with van der Waals surface area (Å²) in [5.74, 6) is -0.406. The number of thiophene rings is 1. The summed E-state index contributed by atoms with van der Waals surface area (Å²) in [6.07, 6.45) is 15.8. The molecule has 2 amide bonds. The van der Waals surface area contributed by atoms with Gasteiger partial charge in [-0.15, -0.1) is 11.3 Å². The Balaban J connectivity index is 1.70. The van der Waals surface area contributed by atoms with Crippen LogP contribution in [0.1, 0.15) is 105 Å². The molecule has 1 heterocycles. The third kappa shape index (κ3) is 6.42. The molecule has 5 heteroatoms. The quantitative estimate of drug-likeness (QED) is 0.466. The number of carbonyl (C=O) groups is 2. The summed E-state index contributed by atoms with van der Waals surface area (Å²) in [4.78, 5) is 25.3. The Morgan fingerprint density at radius 1 is 0.962 bits per heavy atom. The largest absolute Gasteiger partial charge is 0.365 e. The summed E-state index contributed by atoms with van der Waals surface area (Å²) in [6, 6.07) is 0. The molecule has 26 heavy (non-hydrogen) atoms. The van der Waals surface area contributed by atoms with Crippen LogP contribution in [0.25, 0.3) is 0 Å². The Kier molecular flexibility index (Phi) is 9.16. The standard InChI is InChI=1S/C21H34N2O2S/c1-2-3-4-5-6-7-8-9-10-15-18(24)23-21-19(20(22)25)16-13-11-12-14-17(16)26-21/h2-15H2,1H3,(H2,22,25)(H,23,24). The molecule has 0 unspecified atom stereocenters. The first-order valence-corrected chi connectivity index (χ1v) is 11.2. The highest BCUT2D eigenvalue weighted by atomic mass is 32.1. The number of anilines is 1. The van der Waals surface area contributed by atoms with Crippen molar-refractivity contribution in [1.82, 2.24) is 0 Å². The second-order valence-corrected chi connectivity index (χ2v) is 8.51. The SMILES string of the molecule is CCCCCCCCCCCC(=O)Nc1sc2c(c1C(N)=O)CCCC2. The highest BCUT2D eigenvalue weighted by molar-refractivity contribution is 7.17. The molecular formula is C21H34N2O2S. The van der Waals surface area contributed by atoms with Crippen LogP contribution in [0.15, 0.2) is 0 Å². The van der Waals surface area contributed by atoms with Crippen LogP contribution >= 0.6 is 11.3 Å². The van der Waals surface area contributed by atoms with Crippen LogP contribution in [0.2, 0.25) is 0 Å². The molecule has 1 aromatic rings. The minimum absolute atomic E-state index is 0.00837. The third-order valence-electron chi connectivity index (χ3n) is 5.18. The summed E-state index contributed by atoms with van der Waals surface area (Å²) >= 11 is 1.54. The van der Waals surface area contributed by atoms with Crippen LogP contribution in [0.4, 0.5) is 5.00 Å². The molecule has 1 aromatic heterocycles. The average Bonchev–Trinajstić information content (AvgIpc) is 2.98. The summed E-state index contributed by atoms with van der Waals surface area (Å²) in [5, 5.41) is 3.62. The number of aryl methyl sites for hydroxylation is 1. The summed E-state index contributed by atoms with van der Waals surface area (Å²) < 4.78 is 0. The molecule has 0 saturated heterocycles. The molecule has 0 fully saturated rings. The number of primary amides is 1. The van der Waals surface area contributed by atoms with Gasteiger partial charge >= 0.3 is 0 Å². The number of amides is 2. The predicted octanol–water partition coefficient (Wildman–Crippen LogP) is 5.59. The monoisotopic (exact) mass is 378 g/mol. The molecule has 1 aliphatic carbocycles. The van der Waals surface area contributed by atoms with Crippen molar-refractivity contribution < 1.29 is 9.59 Å². The molecule has 0 saturated carbocycles.